The van der Waals surface area contributed by atoms with E-state index in [-0.39, 0.29) is 16.4 Å². The zero-order chi connectivity index (χ0) is 13.6. The van der Waals surface area contributed by atoms with E-state index in [1.165, 1.54) is 11.1 Å². The van der Waals surface area contributed by atoms with Crippen LogP contribution < -0.4 is 0 Å². The van der Waals surface area contributed by atoms with Crippen LogP contribution in [0.4, 0.5) is 0 Å². The molecule has 0 radical (unpaired) electrons. The third kappa shape index (κ3) is 2.21. The molecule has 0 heterocycles. The van der Waals surface area contributed by atoms with Crippen molar-refractivity contribution in [1.29, 1.82) is 0 Å². The Labute approximate surface area is 112 Å². The van der Waals surface area contributed by atoms with Crippen LogP contribution in [0.15, 0.2) is 24.3 Å². The molecule has 0 fully saturated rings. The van der Waals surface area contributed by atoms with Crippen LogP contribution in [0, 0.1) is 10.8 Å². The minimum Gasteiger partial charge on any atom is -0.369 e. The summed E-state index contributed by atoms with van der Waals surface area (Å²) in [6.07, 6.45) is 1.10. The first kappa shape index (κ1) is 13.6. The molecule has 1 aliphatic carbocycles. The molecule has 18 heavy (non-hydrogen) atoms. The normalized spacial score (nSPS) is 26.1. The Morgan fingerprint density at radius 1 is 1.11 bits per heavy atom. The Bertz CT molecular complexity index is 439. The van der Waals surface area contributed by atoms with Crippen molar-refractivity contribution in [3.63, 3.8) is 0 Å². The van der Waals surface area contributed by atoms with Crippen molar-refractivity contribution < 1.29 is 4.74 Å². The summed E-state index contributed by atoms with van der Waals surface area (Å²) in [5.41, 5.74) is 3.01. The molecule has 0 saturated carbocycles. The summed E-state index contributed by atoms with van der Waals surface area (Å²) in [5.74, 6) is 0. The van der Waals surface area contributed by atoms with Crippen molar-refractivity contribution in [1.82, 2.24) is 0 Å². The zero-order valence-corrected chi connectivity index (χ0v) is 12.6. The van der Waals surface area contributed by atoms with Crippen molar-refractivity contribution in [3.05, 3.63) is 35.4 Å². The Morgan fingerprint density at radius 2 is 1.72 bits per heavy atom. The fourth-order valence-corrected chi connectivity index (χ4v) is 2.78. The van der Waals surface area contributed by atoms with Crippen LogP contribution >= 0.6 is 0 Å². The molecule has 0 amide bonds. The number of fused-ring (bicyclic) bond motifs is 1. The molecule has 1 aromatic carbocycles. The average Bonchev–Trinajstić information content (AvgIpc) is 2.44. The second-order valence-electron chi connectivity index (χ2n) is 7.60. The van der Waals surface area contributed by atoms with Gasteiger partial charge >= 0.3 is 0 Å². The summed E-state index contributed by atoms with van der Waals surface area (Å²) in [7, 11) is 0. The lowest BCUT2D eigenvalue weighted by Crippen LogP contribution is -2.40. The molecule has 100 valence electrons. The van der Waals surface area contributed by atoms with Gasteiger partial charge in [-0.1, -0.05) is 58.9 Å². The molecule has 1 aliphatic rings. The van der Waals surface area contributed by atoms with E-state index in [4.69, 9.17) is 4.74 Å². The second kappa shape index (κ2) is 4.09. The van der Waals surface area contributed by atoms with Gasteiger partial charge in [-0.2, -0.15) is 0 Å². The number of hydrogen-bond acceptors (Lipinski definition) is 1. The molecule has 0 aliphatic heterocycles. The molecule has 1 unspecified atom stereocenters. The van der Waals surface area contributed by atoms with Gasteiger partial charge in [-0.25, -0.2) is 0 Å². The monoisotopic (exact) mass is 246 g/mol. The van der Waals surface area contributed by atoms with E-state index in [1.54, 1.807) is 0 Å². The molecule has 0 N–H and O–H groups in total. The average molecular weight is 246 g/mol. The standard InChI is InChI=1S/C17H26O/c1-15(2,3)12-18-17(6)14-10-8-7-9-13(14)11-16(17,4)5/h7-10H,11-12H2,1-6H3. The smallest absolute Gasteiger partial charge is 0.0959 e. The van der Waals surface area contributed by atoms with Gasteiger partial charge in [-0.05, 0) is 29.9 Å². The number of hydrogen-bond donors (Lipinski definition) is 0. The van der Waals surface area contributed by atoms with Gasteiger partial charge in [-0.15, -0.1) is 0 Å². The molecule has 1 nitrogen and oxygen atoms in total. The first-order chi connectivity index (χ1) is 8.16. The van der Waals surface area contributed by atoms with Gasteiger partial charge in [0.1, 0.15) is 0 Å². The Morgan fingerprint density at radius 3 is 2.33 bits per heavy atom. The summed E-state index contributed by atoms with van der Waals surface area (Å²) in [6.45, 7) is 14.4. The van der Waals surface area contributed by atoms with Crippen LogP contribution in [0.5, 0.6) is 0 Å². The maximum Gasteiger partial charge on any atom is 0.0959 e. The van der Waals surface area contributed by atoms with Gasteiger partial charge in [-0.3, -0.25) is 0 Å². The lowest BCUT2D eigenvalue weighted by atomic mass is 9.76. The molecular formula is C17H26O. The highest BCUT2D eigenvalue weighted by molar-refractivity contribution is 5.40. The highest BCUT2D eigenvalue weighted by atomic mass is 16.5. The van der Waals surface area contributed by atoms with Crippen LogP contribution in [0.2, 0.25) is 0 Å². The second-order valence-corrected chi connectivity index (χ2v) is 7.60. The van der Waals surface area contributed by atoms with Crippen molar-refractivity contribution in [2.24, 2.45) is 10.8 Å². The topological polar surface area (TPSA) is 9.23 Å². The van der Waals surface area contributed by atoms with Crippen LogP contribution in [0.1, 0.15) is 52.7 Å². The van der Waals surface area contributed by atoms with E-state index in [9.17, 15) is 0 Å². The first-order valence-corrected chi connectivity index (χ1v) is 6.88. The summed E-state index contributed by atoms with van der Waals surface area (Å²) < 4.78 is 6.40. The first-order valence-electron chi connectivity index (χ1n) is 6.88. The van der Waals surface area contributed by atoms with Crippen molar-refractivity contribution in [2.75, 3.05) is 6.61 Å². The van der Waals surface area contributed by atoms with Crippen LogP contribution in [-0.2, 0) is 16.8 Å². The number of benzene rings is 1. The molecule has 0 spiro atoms. The predicted octanol–water partition coefficient (Wildman–Crippen LogP) is 4.55. The SMILES string of the molecule is CC(C)(C)COC1(C)c2ccccc2CC1(C)C. The van der Waals surface area contributed by atoms with Crippen LogP contribution in [0.3, 0.4) is 0 Å². The molecular weight excluding hydrogens is 220 g/mol. The van der Waals surface area contributed by atoms with Crippen molar-refractivity contribution in [2.45, 2.75) is 53.6 Å². The Kier molecular flexibility index (Phi) is 3.09. The molecule has 0 bridgehead atoms. The third-order valence-electron chi connectivity index (χ3n) is 4.25. The largest absolute Gasteiger partial charge is 0.369 e. The van der Waals surface area contributed by atoms with E-state index in [1.807, 2.05) is 0 Å². The zero-order valence-electron chi connectivity index (χ0n) is 12.6. The molecule has 0 aromatic heterocycles. The van der Waals surface area contributed by atoms with E-state index in [0.717, 1.165) is 13.0 Å². The fraction of sp³-hybridized carbons (Fsp3) is 0.647. The van der Waals surface area contributed by atoms with E-state index >= 15 is 0 Å². The van der Waals surface area contributed by atoms with Gasteiger partial charge in [0.25, 0.3) is 0 Å². The number of rotatable bonds is 2. The quantitative estimate of drug-likeness (QED) is 0.744. The predicted molar refractivity (Wildman–Crippen MR) is 76.7 cm³/mol. The summed E-state index contributed by atoms with van der Waals surface area (Å²) in [6, 6.07) is 8.72. The Balaban J connectivity index is 2.34. The Hall–Kier alpha value is -0.820. The lowest BCUT2D eigenvalue weighted by Gasteiger charge is -2.40. The molecule has 2 rings (SSSR count). The maximum atomic E-state index is 6.40. The van der Waals surface area contributed by atoms with E-state index in [2.05, 4.69) is 65.8 Å². The highest BCUT2D eigenvalue weighted by Gasteiger charge is 2.50. The fourth-order valence-electron chi connectivity index (χ4n) is 2.78. The molecule has 0 saturated heterocycles. The van der Waals surface area contributed by atoms with Gasteiger partial charge in [0.2, 0.25) is 0 Å². The minimum absolute atomic E-state index is 0.155. The maximum absolute atomic E-state index is 6.40. The van der Waals surface area contributed by atoms with Gasteiger partial charge in [0, 0.05) is 5.41 Å². The van der Waals surface area contributed by atoms with E-state index < -0.39 is 0 Å². The third-order valence-corrected chi connectivity index (χ3v) is 4.25. The summed E-state index contributed by atoms with van der Waals surface area (Å²) >= 11 is 0. The van der Waals surface area contributed by atoms with Crippen LogP contribution in [-0.4, -0.2) is 6.61 Å². The summed E-state index contributed by atoms with van der Waals surface area (Å²) in [4.78, 5) is 0. The number of ether oxygens (including phenoxy) is 1. The molecule has 1 heteroatoms. The summed E-state index contributed by atoms with van der Waals surface area (Å²) in [5, 5.41) is 0. The highest BCUT2D eigenvalue weighted by Crippen LogP contribution is 2.52. The van der Waals surface area contributed by atoms with Gasteiger partial charge < -0.3 is 4.74 Å². The van der Waals surface area contributed by atoms with Gasteiger partial charge in [0.15, 0.2) is 0 Å². The molecule has 1 atom stereocenters. The van der Waals surface area contributed by atoms with Gasteiger partial charge in [0.05, 0.1) is 12.2 Å². The minimum atomic E-state index is -0.170. The van der Waals surface area contributed by atoms with Crippen LogP contribution in [0.25, 0.3) is 0 Å². The lowest BCUT2D eigenvalue weighted by molar-refractivity contribution is -0.127. The molecule has 1 aromatic rings. The van der Waals surface area contributed by atoms with Crippen molar-refractivity contribution in [3.8, 4) is 0 Å². The van der Waals surface area contributed by atoms with Crippen molar-refractivity contribution >= 4 is 0 Å². The van der Waals surface area contributed by atoms with E-state index in [0.29, 0.717) is 0 Å².